The third-order valence-corrected chi connectivity index (χ3v) is 5.40. The number of aliphatic hydroxyl groups is 1. The number of benzene rings is 1. The second-order valence-corrected chi connectivity index (χ2v) is 7.32. The van der Waals surface area contributed by atoms with Crippen LogP contribution in [-0.2, 0) is 16.6 Å². The first kappa shape index (κ1) is 15.6. The molecule has 2 rings (SSSR count). The zero-order valence-electron chi connectivity index (χ0n) is 10.4. The van der Waals surface area contributed by atoms with Gasteiger partial charge in [-0.05, 0) is 56.5 Å². The topological polar surface area (TPSA) is 79.5 Å². The van der Waals surface area contributed by atoms with E-state index in [1.54, 1.807) is 18.2 Å². The summed E-state index contributed by atoms with van der Waals surface area (Å²) in [6.45, 7) is 1.53. The van der Waals surface area contributed by atoms with E-state index in [0.717, 1.165) is 5.56 Å². The fraction of sp³-hybridized carbons (Fsp3) is 0.167. The van der Waals surface area contributed by atoms with Gasteiger partial charge in [0.2, 0.25) is 0 Å². The Morgan fingerprint density at radius 3 is 2.55 bits per heavy atom. The first-order valence-corrected chi connectivity index (χ1v) is 8.58. The highest BCUT2D eigenvalue weighted by Crippen LogP contribution is 2.30. The molecule has 0 fully saturated rings. The van der Waals surface area contributed by atoms with Crippen LogP contribution in [0.5, 0.6) is 0 Å². The minimum atomic E-state index is -3.80. The average molecular weight is 425 g/mol. The van der Waals surface area contributed by atoms with Gasteiger partial charge in [0.1, 0.15) is 17.3 Å². The summed E-state index contributed by atoms with van der Waals surface area (Å²) in [5.41, 5.74) is 1.43. The van der Waals surface area contributed by atoms with Crippen LogP contribution in [0.3, 0.4) is 0 Å². The zero-order chi connectivity index (χ0) is 14.9. The molecule has 8 heteroatoms. The second kappa shape index (κ2) is 5.88. The number of aryl methyl sites for hydroxylation is 1. The van der Waals surface area contributed by atoms with Gasteiger partial charge in [0.15, 0.2) is 4.67 Å². The Morgan fingerprint density at radius 1 is 1.30 bits per heavy atom. The van der Waals surface area contributed by atoms with Crippen molar-refractivity contribution >= 4 is 47.6 Å². The van der Waals surface area contributed by atoms with Crippen LogP contribution in [-0.4, -0.2) is 13.5 Å². The van der Waals surface area contributed by atoms with Gasteiger partial charge in [0.05, 0.1) is 5.69 Å². The van der Waals surface area contributed by atoms with Crippen LogP contribution in [0.25, 0.3) is 0 Å². The lowest BCUT2D eigenvalue weighted by Gasteiger charge is -2.09. The normalized spacial score (nSPS) is 11.6. The summed E-state index contributed by atoms with van der Waals surface area (Å²) in [7, 11) is -3.80. The van der Waals surface area contributed by atoms with Gasteiger partial charge >= 0.3 is 0 Å². The van der Waals surface area contributed by atoms with Gasteiger partial charge in [-0.25, -0.2) is 8.42 Å². The predicted octanol–water partition coefficient (Wildman–Crippen LogP) is 3.41. The number of aliphatic hydroxyl groups excluding tert-OH is 1. The van der Waals surface area contributed by atoms with Crippen molar-refractivity contribution in [2.75, 3.05) is 4.72 Å². The molecule has 2 aromatic rings. The van der Waals surface area contributed by atoms with Crippen molar-refractivity contribution in [2.45, 2.75) is 18.4 Å². The number of anilines is 1. The van der Waals surface area contributed by atoms with Crippen LogP contribution in [0.1, 0.15) is 11.3 Å². The number of halogens is 2. The molecule has 0 bridgehead atoms. The van der Waals surface area contributed by atoms with E-state index in [9.17, 15) is 8.42 Å². The number of hydrogen-bond acceptors (Lipinski definition) is 4. The Hall–Kier alpha value is -0.830. The first-order valence-electron chi connectivity index (χ1n) is 5.51. The maximum absolute atomic E-state index is 12.3. The Labute approximate surface area is 133 Å². The van der Waals surface area contributed by atoms with Crippen LogP contribution >= 0.6 is 31.9 Å². The molecule has 0 amide bonds. The molecule has 0 unspecified atom stereocenters. The maximum atomic E-state index is 12.3. The van der Waals surface area contributed by atoms with Gasteiger partial charge in [-0.1, -0.05) is 6.07 Å². The van der Waals surface area contributed by atoms with Gasteiger partial charge < -0.3 is 9.52 Å². The smallest absolute Gasteiger partial charge is 0.266 e. The SMILES string of the molecule is Cc1ccc(NS(=O)(=O)c2cc(CO)oc2Br)c(Br)c1. The van der Waals surface area contributed by atoms with Gasteiger partial charge in [0, 0.05) is 10.5 Å². The second-order valence-electron chi connectivity index (χ2n) is 4.10. The molecule has 0 aliphatic heterocycles. The van der Waals surface area contributed by atoms with E-state index in [4.69, 9.17) is 9.52 Å². The number of rotatable bonds is 4. The zero-order valence-corrected chi connectivity index (χ0v) is 14.3. The Balaban J connectivity index is 2.38. The fourth-order valence-corrected chi connectivity index (χ4v) is 4.36. The van der Waals surface area contributed by atoms with Crippen LogP contribution in [0.2, 0.25) is 0 Å². The summed E-state index contributed by atoms with van der Waals surface area (Å²) in [5.74, 6) is 0.167. The molecule has 0 aliphatic carbocycles. The number of nitrogens with one attached hydrogen (secondary N) is 1. The molecule has 108 valence electrons. The van der Waals surface area contributed by atoms with Crippen molar-refractivity contribution in [1.82, 2.24) is 0 Å². The summed E-state index contributed by atoms with van der Waals surface area (Å²) in [6.07, 6.45) is 0. The Bertz CT molecular complexity index is 740. The highest BCUT2D eigenvalue weighted by Gasteiger charge is 2.23. The highest BCUT2D eigenvalue weighted by molar-refractivity contribution is 9.10. The summed E-state index contributed by atoms with van der Waals surface area (Å²) < 4.78 is 32.8. The number of furan rings is 1. The molecule has 0 radical (unpaired) electrons. The molecule has 2 N–H and O–H groups in total. The molecule has 0 atom stereocenters. The predicted molar refractivity (Wildman–Crippen MR) is 82.0 cm³/mol. The quantitative estimate of drug-likeness (QED) is 0.788. The van der Waals surface area contributed by atoms with Crippen molar-refractivity contribution in [1.29, 1.82) is 0 Å². The lowest BCUT2D eigenvalue weighted by molar-refractivity contribution is 0.245. The fourth-order valence-electron chi connectivity index (χ4n) is 1.56. The van der Waals surface area contributed by atoms with Gasteiger partial charge in [0.25, 0.3) is 10.0 Å². The molecule has 0 aliphatic rings. The van der Waals surface area contributed by atoms with Crippen molar-refractivity contribution in [3.05, 3.63) is 44.7 Å². The lowest BCUT2D eigenvalue weighted by Crippen LogP contribution is -2.13. The number of sulfonamides is 1. The summed E-state index contributed by atoms with van der Waals surface area (Å²) in [6, 6.07) is 6.54. The van der Waals surface area contributed by atoms with E-state index in [-0.39, 0.29) is 21.9 Å². The summed E-state index contributed by atoms with van der Waals surface area (Å²) >= 11 is 6.34. The molecular formula is C12H11Br2NO4S. The van der Waals surface area contributed by atoms with Gasteiger partial charge in [-0.2, -0.15) is 0 Å². The van der Waals surface area contributed by atoms with Crippen LogP contribution in [0, 0.1) is 6.92 Å². The molecule has 1 heterocycles. The standard InChI is InChI=1S/C12H11Br2NO4S/c1-7-2-3-10(9(13)4-7)15-20(17,18)11-5-8(6-16)19-12(11)14/h2-5,15-16H,6H2,1H3. The lowest BCUT2D eigenvalue weighted by atomic mass is 10.2. The van der Waals surface area contributed by atoms with Crippen molar-refractivity contribution in [3.8, 4) is 0 Å². The van der Waals surface area contributed by atoms with Gasteiger partial charge in [-0.3, -0.25) is 4.72 Å². The van der Waals surface area contributed by atoms with E-state index >= 15 is 0 Å². The third-order valence-electron chi connectivity index (χ3n) is 2.52. The Kier molecular flexibility index (Phi) is 4.58. The molecule has 5 nitrogen and oxygen atoms in total. The van der Waals surface area contributed by atoms with E-state index in [0.29, 0.717) is 10.2 Å². The minimum absolute atomic E-state index is 0.0530. The van der Waals surface area contributed by atoms with Crippen LogP contribution < -0.4 is 4.72 Å². The van der Waals surface area contributed by atoms with E-state index < -0.39 is 10.0 Å². The molecular weight excluding hydrogens is 414 g/mol. The third kappa shape index (κ3) is 3.25. The van der Waals surface area contributed by atoms with E-state index in [1.165, 1.54) is 6.07 Å². The summed E-state index contributed by atoms with van der Waals surface area (Å²) in [5, 5.41) is 8.97. The van der Waals surface area contributed by atoms with E-state index in [1.807, 2.05) is 6.92 Å². The molecule has 1 aromatic heterocycles. The molecule has 1 aromatic carbocycles. The monoisotopic (exact) mass is 423 g/mol. The first-order chi connectivity index (χ1) is 9.33. The molecule has 0 saturated carbocycles. The van der Waals surface area contributed by atoms with Crippen LogP contribution in [0.15, 0.2) is 42.7 Å². The molecule has 20 heavy (non-hydrogen) atoms. The molecule has 0 spiro atoms. The maximum Gasteiger partial charge on any atom is 0.266 e. The van der Waals surface area contributed by atoms with Crippen molar-refractivity contribution in [2.24, 2.45) is 0 Å². The van der Waals surface area contributed by atoms with Gasteiger partial charge in [-0.15, -0.1) is 0 Å². The number of hydrogen-bond donors (Lipinski definition) is 2. The van der Waals surface area contributed by atoms with Crippen molar-refractivity contribution < 1.29 is 17.9 Å². The molecule has 0 saturated heterocycles. The largest absolute Gasteiger partial charge is 0.450 e. The minimum Gasteiger partial charge on any atom is -0.450 e. The highest BCUT2D eigenvalue weighted by atomic mass is 79.9. The van der Waals surface area contributed by atoms with Crippen molar-refractivity contribution in [3.63, 3.8) is 0 Å². The average Bonchev–Trinajstić information content (AvgIpc) is 2.75. The Morgan fingerprint density at radius 2 is 2.00 bits per heavy atom. The summed E-state index contributed by atoms with van der Waals surface area (Å²) in [4.78, 5) is -0.0611. The van der Waals surface area contributed by atoms with E-state index in [2.05, 4.69) is 36.6 Å². The van der Waals surface area contributed by atoms with Crippen LogP contribution in [0.4, 0.5) is 5.69 Å².